The summed E-state index contributed by atoms with van der Waals surface area (Å²) in [4.78, 5) is 20.7. The second-order valence-corrected chi connectivity index (χ2v) is 7.86. The number of benzene rings is 2. The van der Waals surface area contributed by atoms with Crippen LogP contribution in [-0.2, 0) is 6.54 Å². The maximum absolute atomic E-state index is 13.3. The Hall–Kier alpha value is -3.03. The van der Waals surface area contributed by atoms with Gasteiger partial charge in [0, 0.05) is 29.2 Å². The van der Waals surface area contributed by atoms with E-state index in [1.165, 1.54) is 29.0 Å². The van der Waals surface area contributed by atoms with Gasteiger partial charge in [-0.2, -0.15) is 0 Å². The number of thiazole rings is 1. The third kappa shape index (κ3) is 4.13. The Morgan fingerprint density at radius 2 is 1.80 bits per heavy atom. The van der Waals surface area contributed by atoms with Gasteiger partial charge in [0.15, 0.2) is 4.96 Å². The number of imidazole rings is 1. The van der Waals surface area contributed by atoms with E-state index in [-0.39, 0.29) is 11.7 Å². The predicted molar refractivity (Wildman–Crippen MR) is 119 cm³/mol. The highest BCUT2D eigenvalue weighted by Gasteiger charge is 2.18. The number of carbonyl (C=O) groups excluding carboxylic acids is 1. The highest BCUT2D eigenvalue weighted by atomic mass is 32.1. The van der Waals surface area contributed by atoms with Crippen molar-refractivity contribution in [3.05, 3.63) is 77.1 Å². The molecule has 154 valence electrons. The van der Waals surface area contributed by atoms with E-state index in [0.29, 0.717) is 17.1 Å². The molecule has 0 spiro atoms. The molecule has 4 rings (SSSR count). The van der Waals surface area contributed by atoms with Crippen molar-refractivity contribution in [2.45, 2.75) is 20.4 Å². The van der Waals surface area contributed by atoms with Crippen molar-refractivity contribution in [2.24, 2.45) is 0 Å². The summed E-state index contributed by atoms with van der Waals surface area (Å²) in [6, 6.07) is 13.8. The Labute approximate surface area is 178 Å². The van der Waals surface area contributed by atoms with Gasteiger partial charge in [-0.1, -0.05) is 26.0 Å². The molecule has 1 amide bonds. The molecule has 0 aliphatic rings. The van der Waals surface area contributed by atoms with Crippen LogP contribution < -0.4 is 5.32 Å². The maximum atomic E-state index is 13.3. The van der Waals surface area contributed by atoms with E-state index < -0.39 is 0 Å². The van der Waals surface area contributed by atoms with E-state index in [1.807, 2.05) is 40.2 Å². The molecule has 30 heavy (non-hydrogen) atoms. The Bertz CT molecular complexity index is 1140. The summed E-state index contributed by atoms with van der Waals surface area (Å²) in [5.74, 6) is 0.0611. The van der Waals surface area contributed by atoms with Gasteiger partial charge >= 0.3 is 0 Å². The van der Waals surface area contributed by atoms with Gasteiger partial charge in [-0.3, -0.25) is 14.1 Å². The van der Waals surface area contributed by atoms with Crippen LogP contribution in [0, 0.1) is 5.82 Å². The molecule has 2 aromatic carbocycles. The van der Waals surface area contributed by atoms with E-state index in [2.05, 4.69) is 29.0 Å². The molecule has 0 bridgehead atoms. The van der Waals surface area contributed by atoms with Crippen molar-refractivity contribution in [2.75, 3.05) is 18.4 Å². The lowest BCUT2D eigenvalue weighted by Crippen LogP contribution is -2.22. The molecule has 5 nitrogen and oxygen atoms in total. The molecule has 0 unspecified atom stereocenters. The molecule has 0 aliphatic heterocycles. The Morgan fingerprint density at radius 3 is 2.47 bits per heavy atom. The maximum Gasteiger partial charge on any atom is 0.256 e. The minimum absolute atomic E-state index is 0.208. The normalized spacial score (nSPS) is 11.3. The number of aromatic nitrogens is 2. The summed E-state index contributed by atoms with van der Waals surface area (Å²) >= 11 is 1.48. The van der Waals surface area contributed by atoms with Crippen LogP contribution >= 0.6 is 11.3 Å². The van der Waals surface area contributed by atoms with E-state index in [1.54, 1.807) is 12.1 Å². The Kier molecular flexibility index (Phi) is 5.92. The fourth-order valence-corrected chi connectivity index (χ4v) is 4.07. The minimum atomic E-state index is -0.310. The van der Waals surface area contributed by atoms with Gasteiger partial charge in [0.05, 0.1) is 0 Å². The minimum Gasteiger partial charge on any atom is -0.306 e. The average Bonchev–Trinajstić information content (AvgIpc) is 3.35. The number of hydrogen-bond donors (Lipinski definition) is 1. The molecular weight excluding hydrogens is 399 g/mol. The zero-order valence-corrected chi connectivity index (χ0v) is 17.7. The van der Waals surface area contributed by atoms with Crippen LogP contribution in [0.2, 0.25) is 0 Å². The molecule has 0 atom stereocenters. The van der Waals surface area contributed by atoms with Gasteiger partial charge in [0.25, 0.3) is 5.91 Å². The van der Waals surface area contributed by atoms with Crippen molar-refractivity contribution < 1.29 is 9.18 Å². The first-order chi connectivity index (χ1) is 14.6. The fraction of sp³-hybridized carbons (Fsp3) is 0.217. The molecule has 0 saturated carbocycles. The number of nitrogens with one attached hydrogen (secondary N) is 1. The first-order valence-electron chi connectivity index (χ1n) is 9.93. The van der Waals surface area contributed by atoms with Crippen LogP contribution in [0.15, 0.2) is 60.1 Å². The second-order valence-electron chi connectivity index (χ2n) is 6.98. The van der Waals surface area contributed by atoms with Gasteiger partial charge < -0.3 is 5.32 Å². The molecule has 0 aliphatic carbocycles. The molecule has 2 heterocycles. The molecule has 0 fully saturated rings. The largest absolute Gasteiger partial charge is 0.306 e. The average molecular weight is 423 g/mol. The number of nitrogens with zero attached hydrogens (tertiary/aromatic N) is 3. The van der Waals surface area contributed by atoms with E-state index in [4.69, 9.17) is 0 Å². The summed E-state index contributed by atoms with van der Waals surface area (Å²) < 4.78 is 15.2. The molecule has 7 heteroatoms. The van der Waals surface area contributed by atoms with Crippen molar-refractivity contribution in [3.8, 4) is 11.3 Å². The van der Waals surface area contributed by atoms with Crippen LogP contribution in [0.5, 0.6) is 0 Å². The van der Waals surface area contributed by atoms with E-state index >= 15 is 0 Å². The first kappa shape index (κ1) is 20.3. The van der Waals surface area contributed by atoms with Gasteiger partial charge in [-0.05, 0) is 55.1 Å². The quantitative estimate of drug-likeness (QED) is 0.440. The Morgan fingerprint density at radius 1 is 1.10 bits per heavy atom. The van der Waals surface area contributed by atoms with Crippen LogP contribution in [0.4, 0.5) is 10.2 Å². The van der Waals surface area contributed by atoms with Crippen molar-refractivity contribution in [1.29, 1.82) is 0 Å². The number of rotatable bonds is 7. The molecule has 0 radical (unpaired) electrons. The smallest absolute Gasteiger partial charge is 0.256 e. The third-order valence-corrected chi connectivity index (χ3v) is 5.89. The number of hydrogen-bond acceptors (Lipinski definition) is 4. The summed E-state index contributed by atoms with van der Waals surface area (Å²) in [7, 11) is 0. The lowest BCUT2D eigenvalue weighted by atomic mass is 10.1. The number of amides is 1. The molecule has 1 N–H and O–H groups in total. The zero-order chi connectivity index (χ0) is 21.1. The first-order valence-corrected chi connectivity index (χ1v) is 10.8. The number of halogens is 1. The van der Waals surface area contributed by atoms with E-state index in [0.717, 1.165) is 30.2 Å². The number of anilines is 1. The lowest BCUT2D eigenvalue weighted by molar-refractivity contribution is 0.102. The highest BCUT2D eigenvalue weighted by Crippen LogP contribution is 2.31. The van der Waals surface area contributed by atoms with Crippen LogP contribution in [-0.4, -0.2) is 33.3 Å². The van der Waals surface area contributed by atoms with Gasteiger partial charge in [0.1, 0.15) is 17.3 Å². The summed E-state index contributed by atoms with van der Waals surface area (Å²) in [5, 5.41) is 4.91. The number of carbonyl (C=O) groups is 1. The molecule has 0 saturated heterocycles. The van der Waals surface area contributed by atoms with Gasteiger partial charge in [-0.25, -0.2) is 9.37 Å². The van der Waals surface area contributed by atoms with Crippen LogP contribution in [0.3, 0.4) is 0 Å². The highest BCUT2D eigenvalue weighted by molar-refractivity contribution is 7.15. The third-order valence-electron chi connectivity index (χ3n) is 5.13. The summed E-state index contributed by atoms with van der Waals surface area (Å²) in [5.41, 5.74) is 3.12. The second kappa shape index (κ2) is 8.77. The Balaban J connectivity index is 1.59. The molecular formula is C23H23FN4OS. The van der Waals surface area contributed by atoms with Crippen molar-refractivity contribution in [1.82, 2.24) is 14.3 Å². The fourth-order valence-electron chi connectivity index (χ4n) is 3.36. The summed E-state index contributed by atoms with van der Waals surface area (Å²) in [6.45, 7) is 7.12. The molecule has 4 aromatic rings. The standard InChI is InChI=1S/C23H23FN4OS/c1-3-27(4-2)15-16-5-7-18(8-6-16)22(29)26-21-20(17-9-11-19(24)12-10-17)25-23-28(21)13-14-30-23/h5-14H,3-4,15H2,1-2H3,(H,26,29). The SMILES string of the molecule is CCN(CC)Cc1ccc(C(=O)Nc2c(-c3ccc(F)cc3)nc3sccn23)cc1. The molecule has 2 aromatic heterocycles. The predicted octanol–water partition coefficient (Wildman–Crippen LogP) is 5.30. The monoisotopic (exact) mass is 422 g/mol. The number of fused-ring (bicyclic) bond motifs is 1. The van der Waals surface area contributed by atoms with Crippen molar-refractivity contribution in [3.63, 3.8) is 0 Å². The topological polar surface area (TPSA) is 49.6 Å². The van der Waals surface area contributed by atoms with Gasteiger partial charge in [-0.15, -0.1) is 11.3 Å². The zero-order valence-electron chi connectivity index (χ0n) is 16.9. The van der Waals surface area contributed by atoms with Crippen LogP contribution in [0.1, 0.15) is 29.8 Å². The van der Waals surface area contributed by atoms with Crippen LogP contribution in [0.25, 0.3) is 16.2 Å². The summed E-state index contributed by atoms with van der Waals surface area (Å²) in [6.07, 6.45) is 1.86. The van der Waals surface area contributed by atoms with Crippen molar-refractivity contribution >= 4 is 28.0 Å². The van der Waals surface area contributed by atoms with Gasteiger partial charge in [0.2, 0.25) is 0 Å². The van der Waals surface area contributed by atoms with E-state index in [9.17, 15) is 9.18 Å². The lowest BCUT2D eigenvalue weighted by Gasteiger charge is -2.18.